The molecule has 2 aliphatic heterocycles. The standard InChI is InChI=1S/C16H28N2O2/c1-2-3-4-5-6-7-15(20)18-10-8-16(9-11-18)12-14(19)17-13-16/h2-13H2,1H3,(H,17,19). The minimum atomic E-state index is 0.148. The second-order valence-electron chi connectivity index (χ2n) is 6.50. The van der Waals surface area contributed by atoms with Crippen LogP contribution in [0.4, 0.5) is 0 Å². The first-order chi connectivity index (χ1) is 9.65. The summed E-state index contributed by atoms with van der Waals surface area (Å²) in [4.78, 5) is 25.5. The number of likely N-dealkylation sites (tertiary alicyclic amines) is 1. The Labute approximate surface area is 122 Å². The first kappa shape index (κ1) is 15.3. The van der Waals surface area contributed by atoms with Gasteiger partial charge in [0.2, 0.25) is 11.8 Å². The number of piperidine rings is 1. The Balaban J connectivity index is 1.65. The molecule has 0 bridgehead atoms. The van der Waals surface area contributed by atoms with Crippen LogP contribution in [0, 0.1) is 5.41 Å². The summed E-state index contributed by atoms with van der Waals surface area (Å²) in [5.74, 6) is 0.495. The molecule has 0 atom stereocenters. The predicted molar refractivity (Wildman–Crippen MR) is 79.2 cm³/mol. The van der Waals surface area contributed by atoms with Gasteiger partial charge in [0.05, 0.1) is 0 Å². The smallest absolute Gasteiger partial charge is 0.222 e. The molecule has 114 valence electrons. The number of hydrogen-bond acceptors (Lipinski definition) is 2. The molecule has 0 radical (unpaired) electrons. The van der Waals surface area contributed by atoms with Crippen LogP contribution < -0.4 is 5.32 Å². The molecule has 0 unspecified atom stereocenters. The summed E-state index contributed by atoms with van der Waals surface area (Å²) >= 11 is 0. The Morgan fingerprint density at radius 3 is 2.50 bits per heavy atom. The number of nitrogens with one attached hydrogen (secondary N) is 1. The van der Waals surface area contributed by atoms with Crippen molar-refractivity contribution in [3.63, 3.8) is 0 Å². The molecule has 2 amide bonds. The van der Waals surface area contributed by atoms with Crippen LogP contribution in [0.1, 0.15) is 64.7 Å². The molecule has 0 aromatic rings. The van der Waals surface area contributed by atoms with Gasteiger partial charge in [0.15, 0.2) is 0 Å². The summed E-state index contributed by atoms with van der Waals surface area (Å²) in [7, 11) is 0. The summed E-state index contributed by atoms with van der Waals surface area (Å²) < 4.78 is 0. The first-order valence-electron chi connectivity index (χ1n) is 8.20. The number of hydrogen-bond donors (Lipinski definition) is 1. The average Bonchev–Trinajstić information content (AvgIpc) is 2.80. The highest BCUT2D eigenvalue weighted by Gasteiger charge is 2.41. The summed E-state index contributed by atoms with van der Waals surface area (Å²) in [5, 5.41) is 2.94. The van der Waals surface area contributed by atoms with E-state index in [1.807, 2.05) is 4.90 Å². The van der Waals surface area contributed by atoms with Gasteiger partial charge in [-0.05, 0) is 24.7 Å². The fourth-order valence-electron chi connectivity index (χ4n) is 3.37. The maximum atomic E-state index is 12.1. The summed E-state index contributed by atoms with van der Waals surface area (Å²) in [6.45, 7) is 4.69. The van der Waals surface area contributed by atoms with E-state index in [0.717, 1.165) is 38.9 Å². The lowest BCUT2D eigenvalue weighted by Gasteiger charge is -2.38. The van der Waals surface area contributed by atoms with E-state index in [2.05, 4.69) is 12.2 Å². The Hall–Kier alpha value is -1.06. The van der Waals surface area contributed by atoms with Crippen LogP contribution in [0.25, 0.3) is 0 Å². The van der Waals surface area contributed by atoms with E-state index >= 15 is 0 Å². The molecule has 1 N–H and O–H groups in total. The van der Waals surface area contributed by atoms with Crippen molar-refractivity contribution in [3.05, 3.63) is 0 Å². The van der Waals surface area contributed by atoms with Crippen molar-refractivity contribution in [2.75, 3.05) is 19.6 Å². The van der Waals surface area contributed by atoms with Crippen molar-refractivity contribution in [1.82, 2.24) is 10.2 Å². The molecule has 0 saturated carbocycles. The van der Waals surface area contributed by atoms with E-state index < -0.39 is 0 Å². The number of rotatable bonds is 6. The summed E-state index contributed by atoms with van der Waals surface area (Å²) in [6.07, 6.45) is 9.30. The fourth-order valence-corrected chi connectivity index (χ4v) is 3.37. The van der Waals surface area contributed by atoms with E-state index in [1.54, 1.807) is 0 Å². The minimum absolute atomic E-state index is 0.148. The predicted octanol–water partition coefficient (Wildman–Crippen LogP) is 2.48. The van der Waals surface area contributed by atoms with Gasteiger partial charge in [-0.1, -0.05) is 32.6 Å². The number of carbonyl (C=O) groups is 2. The molecule has 2 fully saturated rings. The quantitative estimate of drug-likeness (QED) is 0.760. The van der Waals surface area contributed by atoms with Gasteiger partial charge in [-0.15, -0.1) is 0 Å². The van der Waals surface area contributed by atoms with Crippen molar-refractivity contribution < 1.29 is 9.59 Å². The number of carbonyl (C=O) groups excluding carboxylic acids is 2. The van der Waals surface area contributed by atoms with E-state index in [9.17, 15) is 9.59 Å². The normalized spacial score (nSPS) is 21.2. The van der Waals surface area contributed by atoms with Crippen molar-refractivity contribution >= 4 is 11.8 Å². The third-order valence-corrected chi connectivity index (χ3v) is 4.87. The van der Waals surface area contributed by atoms with Crippen LogP contribution in [0.3, 0.4) is 0 Å². The minimum Gasteiger partial charge on any atom is -0.356 e. The highest BCUT2D eigenvalue weighted by molar-refractivity contribution is 5.79. The van der Waals surface area contributed by atoms with E-state index in [-0.39, 0.29) is 11.3 Å². The van der Waals surface area contributed by atoms with Crippen LogP contribution in [-0.2, 0) is 9.59 Å². The monoisotopic (exact) mass is 280 g/mol. The molecular formula is C16H28N2O2. The Morgan fingerprint density at radius 1 is 1.20 bits per heavy atom. The molecule has 20 heavy (non-hydrogen) atoms. The van der Waals surface area contributed by atoms with E-state index in [4.69, 9.17) is 0 Å². The third-order valence-electron chi connectivity index (χ3n) is 4.87. The molecular weight excluding hydrogens is 252 g/mol. The lowest BCUT2D eigenvalue weighted by Crippen LogP contribution is -2.43. The second-order valence-corrected chi connectivity index (χ2v) is 6.50. The molecule has 2 saturated heterocycles. The van der Waals surface area contributed by atoms with Crippen molar-refractivity contribution in [2.45, 2.75) is 64.7 Å². The largest absolute Gasteiger partial charge is 0.356 e. The van der Waals surface area contributed by atoms with Gasteiger partial charge in [-0.25, -0.2) is 0 Å². The zero-order valence-corrected chi connectivity index (χ0v) is 12.7. The van der Waals surface area contributed by atoms with Gasteiger partial charge in [0.25, 0.3) is 0 Å². The molecule has 2 heterocycles. The average molecular weight is 280 g/mol. The second kappa shape index (κ2) is 7.09. The Bertz CT molecular complexity index is 346. The number of amides is 2. The molecule has 1 spiro atoms. The molecule has 4 heteroatoms. The molecule has 4 nitrogen and oxygen atoms in total. The Morgan fingerprint density at radius 2 is 1.90 bits per heavy atom. The van der Waals surface area contributed by atoms with Crippen LogP contribution in [0.2, 0.25) is 0 Å². The summed E-state index contributed by atoms with van der Waals surface area (Å²) in [6, 6.07) is 0. The van der Waals surface area contributed by atoms with Gasteiger partial charge < -0.3 is 10.2 Å². The SMILES string of the molecule is CCCCCCCC(=O)N1CCC2(CC1)CNC(=O)C2. The highest BCUT2D eigenvalue weighted by Crippen LogP contribution is 2.37. The highest BCUT2D eigenvalue weighted by atomic mass is 16.2. The lowest BCUT2D eigenvalue weighted by atomic mass is 9.77. The van der Waals surface area contributed by atoms with Gasteiger partial charge in [-0.3, -0.25) is 9.59 Å². The van der Waals surface area contributed by atoms with Crippen LogP contribution in [0.15, 0.2) is 0 Å². The maximum absolute atomic E-state index is 12.1. The topological polar surface area (TPSA) is 49.4 Å². The van der Waals surface area contributed by atoms with Crippen molar-refractivity contribution in [3.8, 4) is 0 Å². The van der Waals surface area contributed by atoms with Crippen LogP contribution in [0.5, 0.6) is 0 Å². The van der Waals surface area contributed by atoms with Crippen molar-refractivity contribution in [1.29, 1.82) is 0 Å². The molecule has 2 aliphatic rings. The van der Waals surface area contributed by atoms with Gasteiger partial charge in [-0.2, -0.15) is 0 Å². The molecule has 0 aromatic carbocycles. The third kappa shape index (κ3) is 3.97. The van der Waals surface area contributed by atoms with Gasteiger partial charge >= 0.3 is 0 Å². The first-order valence-corrected chi connectivity index (χ1v) is 8.20. The number of unbranched alkanes of at least 4 members (excludes halogenated alkanes) is 4. The lowest BCUT2D eigenvalue weighted by molar-refractivity contribution is -0.133. The van der Waals surface area contributed by atoms with Gasteiger partial charge in [0, 0.05) is 32.5 Å². The van der Waals surface area contributed by atoms with Gasteiger partial charge in [0.1, 0.15) is 0 Å². The van der Waals surface area contributed by atoms with Crippen LogP contribution >= 0.6 is 0 Å². The zero-order chi connectivity index (χ0) is 14.4. The maximum Gasteiger partial charge on any atom is 0.222 e. The van der Waals surface area contributed by atoms with E-state index in [0.29, 0.717) is 18.7 Å². The van der Waals surface area contributed by atoms with E-state index in [1.165, 1.54) is 25.7 Å². The molecule has 2 rings (SSSR count). The summed E-state index contributed by atoms with van der Waals surface area (Å²) in [5.41, 5.74) is 0.148. The zero-order valence-electron chi connectivity index (χ0n) is 12.7. The number of nitrogens with zero attached hydrogens (tertiary/aromatic N) is 1. The molecule has 0 aliphatic carbocycles. The Kier molecular flexibility index (Phi) is 5.44. The van der Waals surface area contributed by atoms with Crippen LogP contribution in [-0.4, -0.2) is 36.3 Å². The molecule has 0 aromatic heterocycles. The fraction of sp³-hybridized carbons (Fsp3) is 0.875. The van der Waals surface area contributed by atoms with Crippen molar-refractivity contribution in [2.24, 2.45) is 5.41 Å².